The molecule has 0 aliphatic carbocycles. The molecule has 158 valence electrons. The van der Waals surface area contributed by atoms with Crippen LogP contribution >= 0.6 is 23.4 Å². The molecule has 1 aliphatic rings. The summed E-state index contributed by atoms with van der Waals surface area (Å²) in [5.41, 5.74) is 4.47. The van der Waals surface area contributed by atoms with Gasteiger partial charge in [0.05, 0.1) is 5.75 Å². The Morgan fingerprint density at radius 2 is 1.84 bits per heavy atom. The van der Waals surface area contributed by atoms with E-state index in [1.165, 1.54) is 5.56 Å². The van der Waals surface area contributed by atoms with Crippen molar-refractivity contribution in [2.45, 2.75) is 18.7 Å². The van der Waals surface area contributed by atoms with E-state index >= 15 is 0 Å². The summed E-state index contributed by atoms with van der Waals surface area (Å²) < 4.78 is 0. The highest BCUT2D eigenvalue weighted by Crippen LogP contribution is 2.38. The number of nitrogens with zero attached hydrogens (tertiary/aromatic N) is 1. The van der Waals surface area contributed by atoms with Gasteiger partial charge in [0.15, 0.2) is 0 Å². The van der Waals surface area contributed by atoms with Crippen molar-refractivity contribution in [2.75, 3.05) is 17.6 Å². The molecule has 31 heavy (non-hydrogen) atoms. The molecule has 3 aromatic carbocycles. The monoisotopic (exact) mass is 450 g/mol. The third kappa shape index (κ3) is 5.12. The van der Waals surface area contributed by atoms with Gasteiger partial charge >= 0.3 is 0 Å². The second kappa shape index (κ2) is 9.58. The van der Waals surface area contributed by atoms with Gasteiger partial charge in [-0.25, -0.2) is 0 Å². The molecular weight excluding hydrogens is 428 g/mol. The van der Waals surface area contributed by atoms with Crippen molar-refractivity contribution in [3.8, 4) is 0 Å². The molecule has 0 aromatic heterocycles. The number of hydrogen-bond acceptors (Lipinski definition) is 3. The minimum Gasteiger partial charge on any atom is -0.326 e. The molecule has 1 aliphatic heterocycles. The minimum atomic E-state index is -0.173. The molecule has 1 heterocycles. The van der Waals surface area contributed by atoms with E-state index in [0.717, 1.165) is 23.2 Å². The van der Waals surface area contributed by atoms with E-state index in [0.29, 0.717) is 22.9 Å². The number of anilines is 1. The van der Waals surface area contributed by atoms with Crippen molar-refractivity contribution in [2.24, 2.45) is 0 Å². The van der Waals surface area contributed by atoms with Gasteiger partial charge in [-0.15, -0.1) is 11.8 Å². The number of nitrogens with one attached hydrogen (secondary N) is 1. The molecule has 1 atom stereocenters. The molecule has 0 bridgehead atoms. The fourth-order valence-electron chi connectivity index (χ4n) is 3.63. The van der Waals surface area contributed by atoms with Gasteiger partial charge in [-0.05, 0) is 60.4 Å². The van der Waals surface area contributed by atoms with E-state index in [-0.39, 0.29) is 17.2 Å². The molecule has 4 rings (SSSR count). The van der Waals surface area contributed by atoms with Crippen LogP contribution in [0.3, 0.4) is 0 Å². The van der Waals surface area contributed by atoms with E-state index in [1.54, 1.807) is 23.9 Å². The van der Waals surface area contributed by atoms with E-state index in [2.05, 4.69) is 17.4 Å². The number of amides is 2. The third-order valence-corrected chi connectivity index (χ3v) is 6.84. The Kier molecular flexibility index (Phi) is 6.64. The molecular formula is C25H23ClN2O2S. The maximum Gasteiger partial charge on any atom is 0.255 e. The molecule has 6 heteroatoms. The Morgan fingerprint density at radius 3 is 2.55 bits per heavy atom. The van der Waals surface area contributed by atoms with E-state index in [4.69, 9.17) is 11.6 Å². The fraction of sp³-hybridized carbons (Fsp3) is 0.200. The fourth-order valence-corrected chi connectivity index (χ4v) is 5.07. The molecule has 0 saturated carbocycles. The number of thioether (sulfide) groups is 1. The highest BCUT2D eigenvalue weighted by molar-refractivity contribution is 8.00. The summed E-state index contributed by atoms with van der Waals surface area (Å²) in [6.45, 7) is 2.58. The van der Waals surface area contributed by atoms with Gasteiger partial charge in [-0.1, -0.05) is 54.1 Å². The molecule has 1 saturated heterocycles. The smallest absolute Gasteiger partial charge is 0.255 e. The predicted molar refractivity (Wildman–Crippen MR) is 128 cm³/mol. The standard InChI is InChI=1S/C25H23ClN2O2S/c1-17-15-21(26)11-12-22(17)27-24(30)19-7-9-20(10-8-19)25-28(23(29)16-31-25)14-13-18-5-3-2-4-6-18/h2-12,15,25H,13-14,16H2,1H3,(H,27,30)/t25-/m0/s1. The Labute approximate surface area is 191 Å². The average molecular weight is 451 g/mol. The van der Waals surface area contributed by atoms with Crippen molar-refractivity contribution < 1.29 is 9.59 Å². The average Bonchev–Trinajstić information content (AvgIpc) is 3.15. The van der Waals surface area contributed by atoms with Crippen molar-refractivity contribution in [1.29, 1.82) is 0 Å². The van der Waals surface area contributed by atoms with E-state index in [1.807, 2.05) is 60.4 Å². The third-order valence-electron chi connectivity index (χ3n) is 5.35. The number of benzene rings is 3. The molecule has 1 fully saturated rings. The second-order valence-electron chi connectivity index (χ2n) is 7.52. The van der Waals surface area contributed by atoms with Gasteiger partial charge in [0.25, 0.3) is 5.91 Å². The second-order valence-corrected chi connectivity index (χ2v) is 9.03. The number of carbonyl (C=O) groups is 2. The number of rotatable bonds is 6. The van der Waals surface area contributed by atoms with Crippen LogP contribution in [-0.2, 0) is 11.2 Å². The summed E-state index contributed by atoms with van der Waals surface area (Å²) in [4.78, 5) is 27.0. The van der Waals surface area contributed by atoms with Crippen LogP contribution in [0.4, 0.5) is 5.69 Å². The van der Waals surface area contributed by atoms with Gasteiger partial charge in [-0.3, -0.25) is 9.59 Å². The number of carbonyl (C=O) groups excluding carboxylic acids is 2. The van der Waals surface area contributed by atoms with E-state index in [9.17, 15) is 9.59 Å². The summed E-state index contributed by atoms with van der Waals surface area (Å²) in [5.74, 6) is 0.469. The lowest BCUT2D eigenvalue weighted by Gasteiger charge is -2.24. The van der Waals surface area contributed by atoms with Crippen LogP contribution in [0.5, 0.6) is 0 Å². The van der Waals surface area contributed by atoms with Crippen LogP contribution in [-0.4, -0.2) is 29.0 Å². The Bertz CT molecular complexity index is 1090. The first-order valence-electron chi connectivity index (χ1n) is 10.1. The zero-order valence-corrected chi connectivity index (χ0v) is 18.7. The van der Waals surface area contributed by atoms with Crippen molar-refractivity contribution >= 4 is 40.9 Å². The highest BCUT2D eigenvalue weighted by Gasteiger charge is 2.32. The molecule has 0 radical (unpaired) electrons. The van der Waals surface area contributed by atoms with Gasteiger partial charge in [0, 0.05) is 22.8 Å². The van der Waals surface area contributed by atoms with Gasteiger partial charge in [-0.2, -0.15) is 0 Å². The summed E-state index contributed by atoms with van der Waals surface area (Å²) in [7, 11) is 0. The first kappa shape index (κ1) is 21.5. The molecule has 1 N–H and O–H groups in total. The van der Waals surface area contributed by atoms with Crippen LogP contribution in [0.15, 0.2) is 72.8 Å². The summed E-state index contributed by atoms with van der Waals surface area (Å²) in [6.07, 6.45) is 0.824. The van der Waals surface area contributed by atoms with Crippen molar-refractivity contribution in [3.05, 3.63) is 100 Å². The summed E-state index contributed by atoms with van der Waals surface area (Å²) in [6, 6.07) is 23.1. The molecule has 2 amide bonds. The largest absolute Gasteiger partial charge is 0.326 e. The van der Waals surface area contributed by atoms with Crippen LogP contribution in [0, 0.1) is 6.92 Å². The topological polar surface area (TPSA) is 49.4 Å². The minimum absolute atomic E-state index is 0.0215. The summed E-state index contributed by atoms with van der Waals surface area (Å²) >= 11 is 7.62. The van der Waals surface area contributed by atoms with Crippen LogP contribution in [0.2, 0.25) is 5.02 Å². The first-order valence-corrected chi connectivity index (χ1v) is 11.6. The Morgan fingerprint density at radius 1 is 1.10 bits per heavy atom. The van der Waals surface area contributed by atoms with Crippen LogP contribution in [0.1, 0.15) is 32.4 Å². The zero-order valence-electron chi connectivity index (χ0n) is 17.2. The van der Waals surface area contributed by atoms with E-state index < -0.39 is 0 Å². The van der Waals surface area contributed by atoms with Crippen molar-refractivity contribution in [3.63, 3.8) is 0 Å². The molecule has 4 nitrogen and oxygen atoms in total. The van der Waals surface area contributed by atoms with Gasteiger partial charge in [0.1, 0.15) is 5.37 Å². The quantitative estimate of drug-likeness (QED) is 0.522. The van der Waals surface area contributed by atoms with Crippen LogP contribution in [0.25, 0.3) is 0 Å². The Balaban J connectivity index is 1.43. The highest BCUT2D eigenvalue weighted by atomic mass is 35.5. The lowest BCUT2D eigenvalue weighted by Crippen LogP contribution is -2.30. The number of halogens is 1. The van der Waals surface area contributed by atoms with Gasteiger partial charge < -0.3 is 10.2 Å². The van der Waals surface area contributed by atoms with Gasteiger partial charge in [0.2, 0.25) is 5.91 Å². The lowest BCUT2D eigenvalue weighted by atomic mass is 10.1. The lowest BCUT2D eigenvalue weighted by molar-refractivity contribution is -0.128. The molecule has 0 unspecified atom stereocenters. The normalized spacial score (nSPS) is 15.9. The predicted octanol–water partition coefficient (Wildman–Crippen LogP) is 5.72. The number of hydrogen-bond donors (Lipinski definition) is 1. The maximum absolute atomic E-state index is 12.6. The first-order chi connectivity index (χ1) is 15.0. The maximum atomic E-state index is 12.6. The van der Waals surface area contributed by atoms with Crippen LogP contribution < -0.4 is 5.32 Å². The summed E-state index contributed by atoms with van der Waals surface area (Å²) in [5, 5.41) is 3.55. The van der Waals surface area contributed by atoms with Crippen molar-refractivity contribution in [1.82, 2.24) is 4.90 Å². The zero-order chi connectivity index (χ0) is 21.8. The Hall–Kier alpha value is -2.76. The molecule has 3 aromatic rings. The number of aryl methyl sites for hydroxylation is 1. The molecule has 0 spiro atoms. The SMILES string of the molecule is Cc1cc(Cl)ccc1NC(=O)c1ccc([C@@H]2SCC(=O)N2CCc2ccccc2)cc1.